The maximum Gasteiger partial charge on any atom is 0.501 e. The highest BCUT2D eigenvalue weighted by molar-refractivity contribution is 7.99. The molecule has 0 saturated carbocycles. The quantitative estimate of drug-likeness (QED) is 0.303. The number of ether oxygens (including phenoxy) is 1. The molecule has 0 spiro atoms. The van der Waals surface area contributed by atoms with E-state index in [0.717, 1.165) is 30.1 Å². The Hall–Kier alpha value is -2.08. The van der Waals surface area contributed by atoms with Gasteiger partial charge < -0.3 is 19.9 Å². The van der Waals surface area contributed by atoms with Crippen LogP contribution in [0.5, 0.6) is 0 Å². The molecule has 3 rings (SSSR count). The molecule has 0 unspecified atom stereocenters. The molecule has 242 valence electrons. The number of nitrogens with two attached hydrogens (primary N) is 1. The summed E-state index contributed by atoms with van der Waals surface area (Å²) in [6.07, 6.45) is -0.373. The van der Waals surface area contributed by atoms with Gasteiger partial charge in [0.15, 0.2) is 0 Å². The largest absolute Gasteiger partial charge is 0.501 e. The van der Waals surface area contributed by atoms with Crippen molar-refractivity contribution in [3.63, 3.8) is 0 Å². The number of hydrogen-bond donors (Lipinski definition) is 2. The molecule has 2 aromatic carbocycles. The van der Waals surface area contributed by atoms with E-state index < -0.39 is 46.9 Å². The first-order valence-electron chi connectivity index (χ1n) is 13.2. The van der Waals surface area contributed by atoms with Gasteiger partial charge in [0.1, 0.15) is 4.90 Å². The molecule has 0 aromatic heterocycles. The third-order valence-corrected chi connectivity index (χ3v) is 10.3. The maximum atomic E-state index is 13.6. The SMILES string of the molecule is CCN(CC)C[C@H]1CN(C(=O)C[C@H](CSc2ccccc2)Nc2ccc(S(N)(=O)=O)cc2S(=O)(=O)C(F)(F)F)CCO1.Cl. The molecule has 3 N–H and O–H groups in total. The maximum absolute atomic E-state index is 13.6. The van der Waals surface area contributed by atoms with Crippen LogP contribution in [0.2, 0.25) is 0 Å². The Morgan fingerprint density at radius 2 is 1.79 bits per heavy atom. The number of alkyl halides is 3. The number of sulfone groups is 1. The molecule has 10 nitrogen and oxygen atoms in total. The first-order valence-corrected chi connectivity index (χ1v) is 17.2. The lowest BCUT2D eigenvalue weighted by Gasteiger charge is -2.36. The van der Waals surface area contributed by atoms with Gasteiger partial charge in [-0.3, -0.25) is 4.79 Å². The van der Waals surface area contributed by atoms with Gasteiger partial charge in [-0.1, -0.05) is 32.0 Å². The molecule has 1 aliphatic rings. The number of morpholine rings is 1. The van der Waals surface area contributed by atoms with Crippen LogP contribution in [0, 0.1) is 0 Å². The van der Waals surface area contributed by atoms with Crippen LogP contribution in [0.15, 0.2) is 63.2 Å². The summed E-state index contributed by atoms with van der Waals surface area (Å²) in [6, 6.07) is 10.5. The van der Waals surface area contributed by atoms with Crippen LogP contribution in [-0.4, -0.2) is 95.3 Å². The molecule has 1 amide bonds. The molecular weight excluding hydrogens is 653 g/mol. The van der Waals surface area contributed by atoms with Crippen molar-refractivity contribution in [3.8, 4) is 0 Å². The van der Waals surface area contributed by atoms with Gasteiger partial charge in [0.25, 0.3) is 9.84 Å². The standard InChI is InChI=1S/C26H35F3N4O6S3.ClH/c1-3-32(4-2)16-20-17-33(12-13-39-20)25(34)14-19(18-40-21-8-6-5-7-9-21)31-23-11-10-22(42(30,37)38)15-24(23)41(35,36)26(27,28)29;/h5-11,15,19-20,31H,3-4,12-14,16-18H2,1-2H3,(H2,30,37,38);1H/t19-,20+;/m1./s1. The zero-order valence-electron chi connectivity index (χ0n) is 23.6. The Morgan fingerprint density at radius 3 is 2.37 bits per heavy atom. The molecule has 43 heavy (non-hydrogen) atoms. The number of likely N-dealkylation sites (N-methyl/N-ethyl adjacent to an activating group) is 1. The monoisotopic (exact) mass is 688 g/mol. The number of carbonyl (C=O) groups excluding carboxylic acids is 1. The van der Waals surface area contributed by atoms with Gasteiger partial charge in [0, 0.05) is 42.7 Å². The van der Waals surface area contributed by atoms with Crippen molar-refractivity contribution in [1.29, 1.82) is 0 Å². The normalized spacial score (nSPS) is 16.9. The summed E-state index contributed by atoms with van der Waals surface area (Å²) in [5, 5.41) is 7.84. The summed E-state index contributed by atoms with van der Waals surface area (Å²) in [5.41, 5.74) is -6.20. The second-order valence-electron chi connectivity index (χ2n) is 9.64. The van der Waals surface area contributed by atoms with Crippen molar-refractivity contribution in [2.75, 3.05) is 50.4 Å². The van der Waals surface area contributed by atoms with Gasteiger partial charge in [-0.2, -0.15) is 13.2 Å². The lowest BCUT2D eigenvalue weighted by molar-refractivity contribution is -0.139. The van der Waals surface area contributed by atoms with Gasteiger partial charge in [-0.05, 0) is 43.4 Å². The van der Waals surface area contributed by atoms with Crippen LogP contribution >= 0.6 is 24.2 Å². The summed E-state index contributed by atoms with van der Waals surface area (Å²) in [5.74, 6) is -0.0961. The Balaban J connectivity index is 0.00000645. The van der Waals surface area contributed by atoms with Crippen molar-refractivity contribution < 1.29 is 39.5 Å². The van der Waals surface area contributed by atoms with Crippen LogP contribution < -0.4 is 10.5 Å². The Morgan fingerprint density at radius 1 is 1.14 bits per heavy atom. The van der Waals surface area contributed by atoms with Gasteiger partial charge in [0.2, 0.25) is 15.9 Å². The molecule has 1 aliphatic heterocycles. The number of anilines is 1. The van der Waals surface area contributed by atoms with Crippen LogP contribution in [0.25, 0.3) is 0 Å². The van der Waals surface area contributed by atoms with Crippen molar-refractivity contribution in [2.24, 2.45) is 5.14 Å². The predicted octanol–water partition coefficient (Wildman–Crippen LogP) is 3.58. The Kier molecular flexibility index (Phi) is 13.6. The van der Waals surface area contributed by atoms with Gasteiger partial charge >= 0.3 is 5.51 Å². The van der Waals surface area contributed by atoms with E-state index in [-0.39, 0.29) is 36.6 Å². The lowest BCUT2D eigenvalue weighted by Crippen LogP contribution is -2.50. The molecule has 17 heteroatoms. The number of hydrogen-bond acceptors (Lipinski definition) is 9. The number of thioether (sulfide) groups is 1. The van der Waals surface area contributed by atoms with Gasteiger partial charge in [-0.25, -0.2) is 22.0 Å². The van der Waals surface area contributed by atoms with Crippen LogP contribution in [0.4, 0.5) is 18.9 Å². The minimum absolute atomic E-state index is 0. The highest BCUT2D eigenvalue weighted by Gasteiger charge is 2.48. The number of carbonyl (C=O) groups is 1. The number of amides is 1. The van der Waals surface area contributed by atoms with Gasteiger partial charge in [-0.15, -0.1) is 24.2 Å². The number of nitrogens with one attached hydrogen (secondary N) is 1. The molecule has 1 saturated heterocycles. The number of halogens is 4. The number of rotatable bonds is 13. The Bertz CT molecular complexity index is 1430. The molecule has 0 radical (unpaired) electrons. The van der Waals surface area contributed by atoms with E-state index in [0.29, 0.717) is 32.3 Å². The van der Waals surface area contributed by atoms with Crippen molar-refractivity contribution >= 4 is 55.6 Å². The molecule has 0 aliphatic carbocycles. The highest BCUT2D eigenvalue weighted by atomic mass is 35.5. The van der Waals surface area contributed by atoms with Crippen LogP contribution in [0.3, 0.4) is 0 Å². The number of sulfonamides is 1. The first-order chi connectivity index (χ1) is 19.7. The minimum atomic E-state index is -5.98. The number of primary sulfonamides is 1. The van der Waals surface area contributed by atoms with Gasteiger partial charge in [0.05, 0.1) is 23.3 Å². The minimum Gasteiger partial charge on any atom is -0.380 e. The van der Waals surface area contributed by atoms with E-state index in [4.69, 9.17) is 9.88 Å². The third-order valence-electron chi connectivity index (χ3n) is 6.70. The smallest absolute Gasteiger partial charge is 0.380 e. The van der Waals surface area contributed by atoms with Crippen LogP contribution in [0.1, 0.15) is 20.3 Å². The fourth-order valence-electron chi connectivity index (χ4n) is 4.40. The third kappa shape index (κ3) is 10.2. The topological polar surface area (TPSA) is 139 Å². The lowest BCUT2D eigenvalue weighted by atomic mass is 10.1. The molecule has 0 bridgehead atoms. The summed E-state index contributed by atoms with van der Waals surface area (Å²) < 4.78 is 95.2. The molecule has 2 atom stereocenters. The summed E-state index contributed by atoms with van der Waals surface area (Å²) in [6.45, 7) is 7.33. The van der Waals surface area contributed by atoms with Crippen molar-refractivity contribution in [2.45, 2.75) is 52.6 Å². The average molecular weight is 689 g/mol. The second kappa shape index (κ2) is 15.8. The molecule has 1 heterocycles. The summed E-state index contributed by atoms with van der Waals surface area (Å²) in [7, 11) is -10.5. The van der Waals surface area contributed by atoms with E-state index in [9.17, 15) is 34.8 Å². The fraction of sp³-hybridized carbons (Fsp3) is 0.500. The van der Waals surface area contributed by atoms with E-state index in [1.165, 1.54) is 11.8 Å². The van der Waals surface area contributed by atoms with E-state index >= 15 is 0 Å². The zero-order chi connectivity index (χ0) is 31.1. The fourth-order valence-corrected chi connectivity index (χ4v) is 6.90. The molecular formula is C26H36ClF3N4O6S3. The summed E-state index contributed by atoms with van der Waals surface area (Å²) >= 11 is 1.33. The predicted molar refractivity (Wildman–Crippen MR) is 162 cm³/mol. The zero-order valence-corrected chi connectivity index (χ0v) is 26.9. The van der Waals surface area contributed by atoms with E-state index in [1.54, 1.807) is 17.0 Å². The van der Waals surface area contributed by atoms with Crippen LogP contribution in [-0.2, 0) is 29.4 Å². The molecule has 1 fully saturated rings. The van der Waals surface area contributed by atoms with E-state index in [2.05, 4.69) is 10.2 Å². The second-order valence-corrected chi connectivity index (χ2v) is 14.2. The van der Waals surface area contributed by atoms with Crippen molar-refractivity contribution in [1.82, 2.24) is 9.80 Å². The van der Waals surface area contributed by atoms with Crippen molar-refractivity contribution in [3.05, 3.63) is 48.5 Å². The first kappa shape index (κ1) is 37.1. The average Bonchev–Trinajstić information content (AvgIpc) is 2.94. The Labute approximate surface area is 260 Å². The van der Waals surface area contributed by atoms with E-state index in [1.807, 2.05) is 32.0 Å². The summed E-state index contributed by atoms with van der Waals surface area (Å²) in [4.78, 5) is 16.0. The number of nitrogens with zero attached hydrogens (tertiary/aromatic N) is 2. The number of benzene rings is 2. The molecule has 2 aromatic rings. The highest BCUT2D eigenvalue weighted by Crippen LogP contribution is 2.36.